The van der Waals surface area contributed by atoms with E-state index in [1.807, 2.05) is 0 Å². The number of hydrogen-bond acceptors (Lipinski definition) is 6. The average molecular weight is 396 g/mol. The van der Waals surface area contributed by atoms with Gasteiger partial charge < -0.3 is 18.9 Å². The van der Waals surface area contributed by atoms with Crippen LogP contribution < -0.4 is 9.47 Å². The minimum absolute atomic E-state index is 0.0825. The summed E-state index contributed by atoms with van der Waals surface area (Å²) in [5.74, 6) is -0.158. The first-order valence-electron chi connectivity index (χ1n) is 8.15. The molecule has 1 aliphatic heterocycles. The summed E-state index contributed by atoms with van der Waals surface area (Å²) in [6, 6.07) is 10.3. The number of esters is 1. The molecule has 0 fully saturated rings. The van der Waals surface area contributed by atoms with E-state index in [1.54, 1.807) is 12.1 Å². The highest BCUT2D eigenvalue weighted by Gasteiger charge is 2.27. The van der Waals surface area contributed by atoms with E-state index in [2.05, 4.69) is 4.74 Å². The molecule has 28 heavy (non-hydrogen) atoms. The van der Waals surface area contributed by atoms with Gasteiger partial charge in [-0.25, -0.2) is 4.79 Å². The normalized spacial score (nSPS) is 12.7. The minimum atomic E-state index is -4.39. The topological polar surface area (TPSA) is 71.1 Å². The Hall–Kier alpha value is -3.07. The van der Waals surface area contributed by atoms with Gasteiger partial charge >= 0.3 is 12.1 Å². The van der Waals surface area contributed by atoms with Crippen LogP contribution >= 0.6 is 0 Å². The van der Waals surface area contributed by atoms with Crippen LogP contribution in [0.3, 0.4) is 0 Å². The zero-order valence-corrected chi connectivity index (χ0v) is 14.5. The number of Topliss-reactive ketones (excluding diaryl/α,β-unsaturated/α-hetero) is 1. The van der Waals surface area contributed by atoms with Crippen molar-refractivity contribution in [2.75, 3.05) is 20.0 Å². The Morgan fingerprint density at radius 1 is 0.964 bits per heavy atom. The Balaban J connectivity index is 1.50. The maximum absolute atomic E-state index is 12.2. The fourth-order valence-electron chi connectivity index (χ4n) is 2.39. The van der Waals surface area contributed by atoms with Gasteiger partial charge in [0, 0.05) is 5.56 Å². The summed E-state index contributed by atoms with van der Waals surface area (Å²) in [4.78, 5) is 24.2. The number of halogens is 3. The van der Waals surface area contributed by atoms with Crippen LogP contribution in [0.4, 0.5) is 13.2 Å². The van der Waals surface area contributed by atoms with Gasteiger partial charge in [-0.05, 0) is 35.9 Å². The van der Waals surface area contributed by atoms with Gasteiger partial charge in [0.1, 0.15) is 6.61 Å². The number of fused-ring (bicyclic) bond motifs is 1. The summed E-state index contributed by atoms with van der Waals surface area (Å²) in [6.45, 7) is -1.97. The predicted octanol–water partition coefficient (Wildman–Crippen LogP) is 3.53. The number of ketones is 1. The summed E-state index contributed by atoms with van der Waals surface area (Å²) in [7, 11) is 0. The first kappa shape index (κ1) is 19.7. The lowest BCUT2D eigenvalue weighted by Gasteiger charge is -2.08. The standard InChI is InChI=1S/C19H15F3O6/c20-19(21,22)10-25-8-12-1-3-13(4-2-12)18(24)26-9-15(23)14-5-6-16-17(7-14)28-11-27-16/h1-7H,8-11H2. The van der Waals surface area contributed by atoms with Crippen molar-refractivity contribution in [1.29, 1.82) is 0 Å². The summed E-state index contributed by atoms with van der Waals surface area (Å²) in [6.07, 6.45) is -4.39. The molecule has 0 saturated carbocycles. The zero-order chi connectivity index (χ0) is 20.1. The van der Waals surface area contributed by atoms with Crippen molar-refractivity contribution in [3.8, 4) is 11.5 Å². The number of ether oxygens (including phenoxy) is 4. The molecule has 0 N–H and O–H groups in total. The van der Waals surface area contributed by atoms with Crippen molar-refractivity contribution in [2.24, 2.45) is 0 Å². The molecule has 0 aromatic heterocycles. The minimum Gasteiger partial charge on any atom is -0.454 e. The summed E-state index contributed by atoms with van der Waals surface area (Å²) >= 11 is 0. The molecule has 6 nitrogen and oxygen atoms in total. The molecule has 0 bridgehead atoms. The van der Waals surface area contributed by atoms with Gasteiger partial charge in [0.2, 0.25) is 6.79 Å². The second-order valence-corrected chi connectivity index (χ2v) is 5.87. The molecule has 0 radical (unpaired) electrons. The van der Waals surface area contributed by atoms with Crippen molar-refractivity contribution < 1.29 is 41.7 Å². The molecule has 1 aliphatic rings. The number of hydrogen-bond donors (Lipinski definition) is 0. The molecule has 148 valence electrons. The summed E-state index contributed by atoms with van der Waals surface area (Å²) < 4.78 is 56.0. The third-order valence-corrected chi connectivity index (χ3v) is 3.75. The van der Waals surface area contributed by atoms with Crippen molar-refractivity contribution in [3.63, 3.8) is 0 Å². The molecule has 0 unspecified atom stereocenters. The highest BCUT2D eigenvalue weighted by atomic mass is 19.4. The average Bonchev–Trinajstić information content (AvgIpc) is 3.13. The highest BCUT2D eigenvalue weighted by Crippen LogP contribution is 2.32. The van der Waals surface area contributed by atoms with Gasteiger partial charge in [0.15, 0.2) is 23.9 Å². The van der Waals surface area contributed by atoms with E-state index >= 15 is 0 Å². The van der Waals surface area contributed by atoms with Gasteiger partial charge in [0.05, 0.1) is 12.2 Å². The third-order valence-electron chi connectivity index (χ3n) is 3.75. The number of carbonyl (C=O) groups is 2. The van der Waals surface area contributed by atoms with E-state index in [0.29, 0.717) is 22.6 Å². The molecule has 0 amide bonds. The molecule has 2 aromatic carbocycles. The fourth-order valence-corrected chi connectivity index (χ4v) is 2.39. The number of alkyl halides is 3. The largest absolute Gasteiger partial charge is 0.454 e. The van der Waals surface area contributed by atoms with Crippen LogP contribution in [0.2, 0.25) is 0 Å². The van der Waals surface area contributed by atoms with Crippen LogP contribution in [0.15, 0.2) is 42.5 Å². The van der Waals surface area contributed by atoms with Crippen molar-refractivity contribution in [3.05, 3.63) is 59.2 Å². The summed E-state index contributed by atoms with van der Waals surface area (Å²) in [5, 5.41) is 0. The first-order valence-corrected chi connectivity index (χ1v) is 8.15. The Kier molecular flexibility index (Phi) is 5.84. The Morgan fingerprint density at radius 2 is 1.64 bits per heavy atom. The van der Waals surface area contributed by atoms with Crippen molar-refractivity contribution in [1.82, 2.24) is 0 Å². The Morgan fingerprint density at radius 3 is 2.36 bits per heavy atom. The molecular formula is C19H15F3O6. The van der Waals surface area contributed by atoms with Crippen LogP contribution in [0.5, 0.6) is 11.5 Å². The maximum Gasteiger partial charge on any atom is 0.411 e. The van der Waals surface area contributed by atoms with Crippen LogP contribution in [0, 0.1) is 0 Å². The fraction of sp³-hybridized carbons (Fsp3) is 0.263. The monoisotopic (exact) mass is 396 g/mol. The molecular weight excluding hydrogens is 381 g/mol. The van der Waals surface area contributed by atoms with Gasteiger partial charge in [0.25, 0.3) is 0 Å². The molecule has 0 atom stereocenters. The molecule has 9 heteroatoms. The van der Waals surface area contributed by atoms with Crippen LogP contribution in [-0.4, -0.2) is 37.9 Å². The van der Waals surface area contributed by atoms with Crippen molar-refractivity contribution >= 4 is 11.8 Å². The lowest BCUT2D eigenvalue weighted by Crippen LogP contribution is -2.16. The molecule has 0 spiro atoms. The Bertz CT molecular complexity index is 861. The van der Waals surface area contributed by atoms with E-state index in [-0.39, 0.29) is 19.0 Å². The van der Waals surface area contributed by atoms with Gasteiger partial charge in [-0.1, -0.05) is 12.1 Å². The second kappa shape index (κ2) is 8.30. The Labute approximate surface area is 157 Å². The van der Waals surface area contributed by atoms with E-state index in [4.69, 9.17) is 14.2 Å². The number of carbonyl (C=O) groups excluding carboxylic acids is 2. The van der Waals surface area contributed by atoms with Gasteiger partial charge in [-0.15, -0.1) is 0 Å². The summed E-state index contributed by atoms with van der Waals surface area (Å²) in [5.41, 5.74) is 0.949. The zero-order valence-electron chi connectivity index (χ0n) is 14.5. The van der Waals surface area contributed by atoms with Crippen LogP contribution in [-0.2, 0) is 16.1 Å². The molecule has 0 saturated heterocycles. The molecule has 1 heterocycles. The maximum atomic E-state index is 12.2. The van der Waals surface area contributed by atoms with Crippen LogP contribution in [0.25, 0.3) is 0 Å². The third kappa shape index (κ3) is 5.23. The van der Waals surface area contributed by atoms with Gasteiger partial charge in [-0.2, -0.15) is 13.2 Å². The second-order valence-electron chi connectivity index (χ2n) is 5.87. The SMILES string of the molecule is O=C(COC(=O)c1ccc(COCC(F)(F)F)cc1)c1ccc2c(c1)OCO2. The molecule has 2 aromatic rings. The molecule has 0 aliphatic carbocycles. The number of benzene rings is 2. The molecule has 3 rings (SSSR count). The van der Waals surface area contributed by atoms with E-state index in [9.17, 15) is 22.8 Å². The predicted molar refractivity (Wildman–Crippen MR) is 89.3 cm³/mol. The van der Waals surface area contributed by atoms with Gasteiger partial charge in [-0.3, -0.25) is 4.79 Å². The van der Waals surface area contributed by atoms with E-state index < -0.39 is 31.1 Å². The quantitative estimate of drug-likeness (QED) is 0.527. The van der Waals surface area contributed by atoms with E-state index in [0.717, 1.165) is 0 Å². The van der Waals surface area contributed by atoms with E-state index in [1.165, 1.54) is 30.3 Å². The lowest BCUT2D eigenvalue weighted by atomic mass is 10.1. The number of rotatable bonds is 7. The smallest absolute Gasteiger partial charge is 0.411 e. The first-order chi connectivity index (χ1) is 13.3. The highest BCUT2D eigenvalue weighted by molar-refractivity contribution is 5.99. The lowest BCUT2D eigenvalue weighted by molar-refractivity contribution is -0.176. The van der Waals surface area contributed by atoms with Crippen molar-refractivity contribution in [2.45, 2.75) is 12.8 Å². The van der Waals surface area contributed by atoms with Crippen LogP contribution in [0.1, 0.15) is 26.3 Å².